The van der Waals surface area contributed by atoms with E-state index in [0.29, 0.717) is 24.3 Å². The fraction of sp³-hybridized carbons (Fsp3) is 0.486. The average Bonchev–Trinajstić information content (AvgIpc) is 2.93. The molecule has 0 atom stereocenters. The van der Waals surface area contributed by atoms with Gasteiger partial charge in [0.1, 0.15) is 0 Å². The highest BCUT2D eigenvalue weighted by atomic mass is 16.5. The number of methoxy groups -OCH3 is 1. The van der Waals surface area contributed by atoms with Gasteiger partial charge >= 0.3 is 0 Å². The van der Waals surface area contributed by atoms with Gasteiger partial charge < -0.3 is 19.7 Å². The van der Waals surface area contributed by atoms with Crippen molar-refractivity contribution in [2.24, 2.45) is 10.8 Å². The standard InChI is InChI=1S/C37H46N2O5/c1-9-14-39-26-17-36(4,5)19-28(40)34(26)33(35-27(39)18-37(6,7)20-29(35)41)24-12-13-30(31(16-24)43-8)44-21-32(42)38-25-15-22(2)10-11-23(25)3/h10-13,15-16,33H,9,14,17-21H2,1-8H3,(H,38,42). The quantitative estimate of drug-likeness (QED) is 0.340. The second-order valence-electron chi connectivity index (χ2n) is 14.3. The summed E-state index contributed by atoms with van der Waals surface area (Å²) in [5, 5.41) is 2.92. The Hall–Kier alpha value is -3.87. The molecule has 0 unspecified atom stereocenters. The lowest BCUT2D eigenvalue weighted by Gasteiger charge is -2.49. The van der Waals surface area contributed by atoms with Crippen molar-refractivity contribution in [3.05, 3.63) is 75.6 Å². The van der Waals surface area contributed by atoms with Crippen molar-refractivity contribution in [3.8, 4) is 11.5 Å². The third-order valence-electron chi connectivity index (χ3n) is 9.02. The van der Waals surface area contributed by atoms with Gasteiger partial charge in [-0.15, -0.1) is 0 Å². The van der Waals surface area contributed by atoms with Gasteiger partial charge in [0.15, 0.2) is 29.7 Å². The van der Waals surface area contributed by atoms with Crippen LogP contribution in [0.1, 0.15) is 89.3 Å². The van der Waals surface area contributed by atoms with Gasteiger partial charge in [0.05, 0.1) is 7.11 Å². The van der Waals surface area contributed by atoms with Crippen LogP contribution in [0.3, 0.4) is 0 Å². The average molecular weight is 599 g/mol. The van der Waals surface area contributed by atoms with Crippen molar-refractivity contribution in [2.45, 2.75) is 86.5 Å². The van der Waals surface area contributed by atoms with Crippen LogP contribution < -0.4 is 14.8 Å². The molecular weight excluding hydrogens is 552 g/mol. The highest BCUT2D eigenvalue weighted by Crippen LogP contribution is 2.55. The van der Waals surface area contributed by atoms with Crippen molar-refractivity contribution in [2.75, 3.05) is 25.6 Å². The number of allylic oxidation sites excluding steroid dienone is 4. The highest BCUT2D eigenvalue weighted by molar-refractivity contribution is 6.07. The topological polar surface area (TPSA) is 84.9 Å². The van der Waals surface area contributed by atoms with Gasteiger partial charge in [0.2, 0.25) is 0 Å². The first-order valence-corrected chi connectivity index (χ1v) is 15.7. The molecule has 0 radical (unpaired) electrons. The summed E-state index contributed by atoms with van der Waals surface area (Å²) in [5.41, 5.74) is 6.89. The molecule has 0 aromatic heterocycles. The summed E-state index contributed by atoms with van der Waals surface area (Å²) >= 11 is 0. The van der Waals surface area contributed by atoms with Crippen LogP contribution in [-0.2, 0) is 14.4 Å². The smallest absolute Gasteiger partial charge is 0.262 e. The molecule has 1 heterocycles. The van der Waals surface area contributed by atoms with Crippen LogP contribution in [0.4, 0.5) is 5.69 Å². The molecule has 3 aliphatic rings. The number of amides is 1. The Bertz CT molecular complexity index is 1520. The summed E-state index contributed by atoms with van der Waals surface area (Å²) < 4.78 is 11.7. The third-order valence-corrected chi connectivity index (χ3v) is 9.02. The van der Waals surface area contributed by atoms with E-state index >= 15 is 0 Å². The minimum atomic E-state index is -0.462. The number of nitrogens with one attached hydrogen (secondary N) is 1. The van der Waals surface area contributed by atoms with Crippen molar-refractivity contribution in [3.63, 3.8) is 0 Å². The van der Waals surface area contributed by atoms with Gasteiger partial charge in [-0.25, -0.2) is 0 Å². The Balaban J connectivity index is 1.52. The molecule has 0 spiro atoms. The zero-order valence-electron chi connectivity index (χ0n) is 27.5. The van der Waals surface area contributed by atoms with Crippen molar-refractivity contribution in [1.82, 2.24) is 4.90 Å². The molecule has 7 nitrogen and oxygen atoms in total. The molecule has 7 heteroatoms. The molecule has 1 amide bonds. The molecule has 0 saturated carbocycles. The number of aryl methyl sites for hydroxylation is 2. The predicted octanol–water partition coefficient (Wildman–Crippen LogP) is 7.43. The normalized spacial score (nSPS) is 19.5. The van der Waals surface area contributed by atoms with E-state index in [2.05, 4.69) is 44.8 Å². The molecule has 234 valence electrons. The lowest BCUT2D eigenvalue weighted by molar-refractivity contribution is -0.120. The summed E-state index contributed by atoms with van der Waals surface area (Å²) in [6.07, 6.45) is 3.36. The first-order valence-electron chi connectivity index (χ1n) is 15.7. The van der Waals surface area contributed by atoms with Crippen LogP contribution in [0.15, 0.2) is 58.9 Å². The maximum atomic E-state index is 14.0. The maximum Gasteiger partial charge on any atom is 0.262 e. The summed E-state index contributed by atoms with van der Waals surface area (Å²) in [6.45, 7) is 15.3. The summed E-state index contributed by atoms with van der Waals surface area (Å²) in [6, 6.07) is 11.5. The molecule has 2 aliphatic carbocycles. The number of Topliss-reactive ketones (excluding diaryl/α,β-unsaturated/α-hetero) is 2. The highest BCUT2D eigenvalue weighted by Gasteiger charge is 2.48. The molecule has 0 saturated heterocycles. The van der Waals surface area contributed by atoms with E-state index in [1.807, 2.05) is 44.2 Å². The van der Waals surface area contributed by atoms with Crippen molar-refractivity contribution in [1.29, 1.82) is 0 Å². The number of nitrogens with zero attached hydrogens (tertiary/aromatic N) is 1. The lowest BCUT2D eigenvalue weighted by atomic mass is 9.63. The number of carbonyl (C=O) groups is 3. The van der Waals surface area contributed by atoms with Crippen molar-refractivity contribution >= 4 is 23.2 Å². The number of ether oxygens (including phenoxy) is 2. The molecule has 0 fully saturated rings. The zero-order chi connectivity index (χ0) is 32.0. The first-order chi connectivity index (χ1) is 20.7. The van der Waals surface area contributed by atoms with E-state index in [0.717, 1.165) is 70.7 Å². The summed E-state index contributed by atoms with van der Waals surface area (Å²) in [4.78, 5) is 43.0. The van der Waals surface area contributed by atoms with Crippen LogP contribution >= 0.6 is 0 Å². The summed E-state index contributed by atoms with van der Waals surface area (Å²) in [7, 11) is 1.56. The second-order valence-corrected chi connectivity index (χ2v) is 14.3. The molecule has 2 aromatic rings. The third kappa shape index (κ3) is 6.19. The predicted molar refractivity (Wildman–Crippen MR) is 173 cm³/mol. The zero-order valence-corrected chi connectivity index (χ0v) is 27.5. The number of carbonyl (C=O) groups excluding carboxylic acids is 3. The van der Waals surface area contributed by atoms with E-state index in [4.69, 9.17) is 9.47 Å². The van der Waals surface area contributed by atoms with Gasteiger partial charge in [-0.3, -0.25) is 14.4 Å². The van der Waals surface area contributed by atoms with Crippen LogP contribution in [0.25, 0.3) is 0 Å². The number of rotatable bonds is 8. The van der Waals surface area contributed by atoms with E-state index in [9.17, 15) is 14.4 Å². The Labute approximate surface area is 261 Å². The number of hydrogen-bond acceptors (Lipinski definition) is 6. The lowest BCUT2D eigenvalue weighted by Crippen LogP contribution is -2.44. The maximum absolute atomic E-state index is 14.0. The SMILES string of the molecule is CCCN1C2=C(C(=O)CC(C)(C)C2)C(c2ccc(OCC(=O)Nc3cc(C)ccc3C)c(OC)c2)C2=C1CC(C)(C)CC2=O. The Morgan fingerprint density at radius 2 is 1.50 bits per heavy atom. The number of anilines is 1. The van der Waals surface area contributed by atoms with Crippen molar-refractivity contribution < 1.29 is 23.9 Å². The van der Waals surface area contributed by atoms with Crippen LogP contribution in [0, 0.1) is 24.7 Å². The fourth-order valence-electron chi connectivity index (χ4n) is 7.06. The molecular formula is C37H46N2O5. The number of hydrogen-bond donors (Lipinski definition) is 1. The minimum Gasteiger partial charge on any atom is -0.493 e. The van der Waals surface area contributed by atoms with Crippen LogP contribution in [0.2, 0.25) is 0 Å². The Morgan fingerprint density at radius 1 is 0.886 bits per heavy atom. The van der Waals surface area contributed by atoms with E-state index in [1.165, 1.54) is 0 Å². The second kappa shape index (κ2) is 11.9. The molecule has 1 N–H and O–H groups in total. The number of ketones is 2. The Kier molecular flexibility index (Phi) is 8.54. The van der Waals surface area contributed by atoms with Gasteiger partial charge in [0.25, 0.3) is 5.91 Å². The van der Waals surface area contributed by atoms with Gasteiger partial charge in [0, 0.05) is 53.5 Å². The molecule has 1 aliphatic heterocycles. The number of benzene rings is 2. The fourth-order valence-corrected chi connectivity index (χ4v) is 7.06. The van der Waals surface area contributed by atoms with Crippen LogP contribution in [0.5, 0.6) is 11.5 Å². The van der Waals surface area contributed by atoms with Gasteiger partial charge in [-0.1, -0.05) is 52.8 Å². The molecule has 0 bridgehead atoms. The van der Waals surface area contributed by atoms with E-state index in [-0.39, 0.29) is 34.9 Å². The monoisotopic (exact) mass is 598 g/mol. The largest absolute Gasteiger partial charge is 0.493 e. The molecule has 5 rings (SSSR count). The van der Waals surface area contributed by atoms with Gasteiger partial charge in [-0.2, -0.15) is 0 Å². The minimum absolute atomic E-state index is 0.106. The van der Waals surface area contributed by atoms with E-state index in [1.54, 1.807) is 13.2 Å². The van der Waals surface area contributed by atoms with Gasteiger partial charge in [-0.05, 0) is 78.8 Å². The first kappa shape index (κ1) is 31.6. The molecule has 2 aromatic carbocycles. The van der Waals surface area contributed by atoms with Crippen LogP contribution in [-0.4, -0.2) is 42.6 Å². The summed E-state index contributed by atoms with van der Waals surface area (Å²) in [5.74, 6) is 0.350. The molecule has 44 heavy (non-hydrogen) atoms. The van der Waals surface area contributed by atoms with E-state index < -0.39 is 5.92 Å². The Morgan fingerprint density at radius 3 is 2.07 bits per heavy atom.